The molecule has 0 atom stereocenters. The summed E-state index contributed by atoms with van der Waals surface area (Å²) < 4.78 is 28.1. The first-order valence-electron chi connectivity index (χ1n) is 10.7. The van der Waals surface area contributed by atoms with Crippen LogP contribution in [0.1, 0.15) is 21.5 Å². The molecule has 0 aromatic heterocycles. The van der Waals surface area contributed by atoms with Crippen LogP contribution in [0.2, 0.25) is 0 Å². The Balaban J connectivity index is 1.44. The number of piperazine rings is 1. The molecule has 166 valence electrons. The molecule has 0 spiro atoms. The molecule has 0 radical (unpaired) electrons. The summed E-state index contributed by atoms with van der Waals surface area (Å²) >= 11 is 0. The fourth-order valence-corrected chi connectivity index (χ4v) is 5.05. The summed E-state index contributed by atoms with van der Waals surface area (Å²) in [5, 5.41) is 0. The van der Waals surface area contributed by atoms with E-state index in [2.05, 4.69) is 21.8 Å². The molecule has 1 aliphatic rings. The number of nitrogens with zero attached hydrogens (tertiary/aromatic N) is 2. The highest BCUT2D eigenvalue weighted by molar-refractivity contribution is 7.92. The molecular formula is C25H27N3O3S. The number of rotatable bonds is 6. The van der Waals surface area contributed by atoms with Crippen LogP contribution in [-0.2, 0) is 16.6 Å². The van der Waals surface area contributed by atoms with E-state index in [0.717, 1.165) is 19.6 Å². The van der Waals surface area contributed by atoms with E-state index in [1.54, 1.807) is 55.5 Å². The van der Waals surface area contributed by atoms with Gasteiger partial charge in [0.1, 0.15) is 0 Å². The maximum Gasteiger partial charge on any atom is 0.261 e. The summed E-state index contributed by atoms with van der Waals surface area (Å²) in [6.07, 6.45) is 0. The minimum absolute atomic E-state index is 0.0670. The fourth-order valence-electron chi connectivity index (χ4n) is 3.90. The molecule has 32 heavy (non-hydrogen) atoms. The molecular weight excluding hydrogens is 422 g/mol. The number of hydrogen-bond donors (Lipinski definition) is 1. The molecule has 1 saturated heterocycles. The number of carbonyl (C=O) groups is 1. The number of carbonyl (C=O) groups excluding carboxylic acids is 1. The highest BCUT2D eigenvalue weighted by Crippen LogP contribution is 2.24. The van der Waals surface area contributed by atoms with Gasteiger partial charge in [0, 0.05) is 38.3 Å². The third kappa shape index (κ3) is 5.00. The molecule has 1 fully saturated rings. The van der Waals surface area contributed by atoms with Gasteiger partial charge in [0.2, 0.25) is 0 Å². The van der Waals surface area contributed by atoms with E-state index < -0.39 is 10.0 Å². The van der Waals surface area contributed by atoms with Crippen molar-refractivity contribution in [3.63, 3.8) is 0 Å². The van der Waals surface area contributed by atoms with Gasteiger partial charge in [0.15, 0.2) is 0 Å². The van der Waals surface area contributed by atoms with Crippen LogP contribution in [0.4, 0.5) is 5.69 Å². The third-order valence-electron chi connectivity index (χ3n) is 5.77. The Morgan fingerprint density at radius 1 is 0.844 bits per heavy atom. The van der Waals surface area contributed by atoms with Gasteiger partial charge < -0.3 is 4.90 Å². The zero-order valence-corrected chi connectivity index (χ0v) is 18.9. The second-order valence-electron chi connectivity index (χ2n) is 7.95. The van der Waals surface area contributed by atoms with Crippen LogP contribution in [0.5, 0.6) is 0 Å². The Kier molecular flexibility index (Phi) is 6.58. The quantitative estimate of drug-likeness (QED) is 0.622. The summed E-state index contributed by atoms with van der Waals surface area (Å²) in [6, 6.07) is 23.7. The fraction of sp³-hybridized carbons (Fsp3) is 0.240. The van der Waals surface area contributed by atoms with E-state index in [4.69, 9.17) is 0 Å². The minimum atomic E-state index is -3.72. The van der Waals surface area contributed by atoms with E-state index in [9.17, 15) is 13.2 Å². The first-order chi connectivity index (χ1) is 15.4. The number of amides is 1. The van der Waals surface area contributed by atoms with Gasteiger partial charge in [-0.15, -0.1) is 0 Å². The zero-order valence-electron chi connectivity index (χ0n) is 18.1. The van der Waals surface area contributed by atoms with Gasteiger partial charge in [-0.25, -0.2) is 8.42 Å². The van der Waals surface area contributed by atoms with Gasteiger partial charge >= 0.3 is 0 Å². The van der Waals surface area contributed by atoms with Gasteiger partial charge in [-0.05, 0) is 42.3 Å². The van der Waals surface area contributed by atoms with Gasteiger partial charge in [0.05, 0.1) is 10.6 Å². The van der Waals surface area contributed by atoms with Crippen LogP contribution < -0.4 is 4.72 Å². The standard InChI is InChI=1S/C25H27N3O3S/c1-20-23(13-8-14-24(20)26-32(30,31)22-11-6-3-7-12-22)25(29)28-17-15-27(16-18-28)19-21-9-4-2-5-10-21/h2-14,26H,15-19H2,1H3. The molecule has 3 aromatic carbocycles. The largest absolute Gasteiger partial charge is 0.336 e. The first-order valence-corrected chi connectivity index (χ1v) is 12.2. The Bertz CT molecular complexity index is 1170. The SMILES string of the molecule is Cc1c(NS(=O)(=O)c2ccccc2)cccc1C(=O)N1CCN(Cc2ccccc2)CC1. The van der Waals surface area contributed by atoms with Crippen LogP contribution >= 0.6 is 0 Å². The second kappa shape index (κ2) is 9.54. The van der Waals surface area contributed by atoms with Crippen molar-refractivity contribution in [1.29, 1.82) is 0 Å². The van der Waals surface area contributed by atoms with Gasteiger partial charge in [-0.1, -0.05) is 54.6 Å². The maximum atomic E-state index is 13.2. The maximum absolute atomic E-state index is 13.2. The van der Waals surface area contributed by atoms with Gasteiger partial charge in [-0.2, -0.15) is 0 Å². The van der Waals surface area contributed by atoms with E-state index in [1.165, 1.54) is 5.56 Å². The van der Waals surface area contributed by atoms with Crippen molar-refractivity contribution >= 4 is 21.6 Å². The number of anilines is 1. The van der Waals surface area contributed by atoms with E-state index in [-0.39, 0.29) is 10.8 Å². The van der Waals surface area contributed by atoms with Crippen molar-refractivity contribution in [3.8, 4) is 0 Å². The predicted molar refractivity (Wildman–Crippen MR) is 126 cm³/mol. The molecule has 1 aliphatic heterocycles. The summed E-state index contributed by atoms with van der Waals surface area (Å²) in [7, 11) is -3.72. The predicted octanol–water partition coefficient (Wildman–Crippen LogP) is 3.75. The Labute approximate surface area is 189 Å². The van der Waals surface area contributed by atoms with Crippen LogP contribution in [0.25, 0.3) is 0 Å². The third-order valence-corrected chi connectivity index (χ3v) is 7.15. The van der Waals surface area contributed by atoms with Crippen molar-refractivity contribution in [1.82, 2.24) is 9.80 Å². The Morgan fingerprint density at radius 2 is 1.47 bits per heavy atom. The lowest BCUT2D eigenvalue weighted by atomic mass is 10.1. The number of sulfonamides is 1. The topological polar surface area (TPSA) is 69.7 Å². The molecule has 6 nitrogen and oxygen atoms in total. The molecule has 0 aliphatic carbocycles. The average Bonchev–Trinajstić information content (AvgIpc) is 2.82. The summed E-state index contributed by atoms with van der Waals surface area (Å²) in [6.45, 7) is 5.55. The number of benzene rings is 3. The Hall–Kier alpha value is -3.16. The van der Waals surface area contributed by atoms with Crippen molar-refractivity contribution < 1.29 is 13.2 Å². The van der Waals surface area contributed by atoms with Crippen molar-refractivity contribution in [3.05, 3.63) is 95.6 Å². The average molecular weight is 450 g/mol. The lowest BCUT2D eigenvalue weighted by Gasteiger charge is -2.35. The molecule has 1 N–H and O–H groups in total. The number of hydrogen-bond acceptors (Lipinski definition) is 4. The van der Waals surface area contributed by atoms with E-state index in [1.807, 2.05) is 23.1 Å². The van der Waals surface area contributed by atoms with E-state index >= 15 is 0 Å². The highest BCUT2D eigenvalue weighted by Gasteiger charge is 2.24. The Morgan fingerprint density at radius 3 is 2.12 bits per heavy atom. The zero-order chi connectivity index (χ0) is 22.6. The van der Waals surface area contributed by atoms with Crippen LogP contribution in [-0.4, -0.2) is 50.3 Å². The lowest BCUT2D eigenvalue weighted by molar-refractivity contribution is 0.0628. The summed E-state index contributed by atoms with van der Waals surface area (Å²) in [4.78, 5) is 17.6. The van der Waals surface area contributed by atoms with Gasteiger partial charge in [0.25, 0.3) is 15.9 Å². The monoisotopic (exact) mass is 449 g/mol. The summed E-state index contributed by atoms with van der Waals surface area (Å²) in [5.41, 5.74) is 2.84. The van der Waals surface area contributed by atoms with E-state index in [0.29, 0.717) is 29.9 Å². The lowest BCUT2D eigenvalue weighted by Crippen LogP contribution is -2.48. The second-order valence-corrected chi connectivity index (χ2v) is 9.63. The van der Waals surface area contributed by atoms with Crippen molar-refractivity contribution in [2.24, 2.45) is 0 Å². The molecule has 1 heterocycles. The normalized spacial score (nSPS) is 14.8. The molecule has 3 aromatic rings. The minimum Gasteiger partial charge on any atom is -0.336 e. The first kappa shape index (κ1) is 22.0. The van der Waals surface area contributed by atoms with Crippen molar-refractivity contribution in [2.75, 3.05) is 30.9 Å². The highest BCUT2D eigenvalue weighted by atomic mass is 32.2. The smallest absolute Gasteiger partial charge is 0.261 e. The molecule has 0 unspecified atom stereocenters. The molecule has 0 saturated carbocycles. The molecule has 0 bridgehead atoms. The van der Waals surface area contributed by atoms with Crippen molar-refractivity contribution in [2.45, 2.75) is 18.4 Å². The van der Waals surface area contributed by atoms with Gasteiger partial charge in [-0.3, -0.25) is 14.4 Å². The van der Waals surface area contributed by atoms with Crippen LogP contribution in [0.3, 0.4) is 0 Å². The van der Waals surface area contributed by atoms with Crippen LogP contribution in [0, 0.1) is 6.92 Å². The molecule has 1 amide bonds. The molecule has 4 rings (SSSR count). The summed E-state index contributed by atoms with van der Waals surface area (Å²) in [5.74, 6) is -0.0670. The van der Waals surface area contributed by atoms with Crippen LogP contribution in [0.15, 0.2) is 83.8 Å². The number of nitrogens with one attached hydrogen (secondary N) is 1. The molecule has 7 heteroatoms.